The quantitative estimate of drug-likeness (QED) is 0.716. The largest absolute Gasteiger partial charge is 0.399 e. The second kappa shape index (κ2) is 5.79. The van der Waals surface area contributed by atoms with Gasteiger partial charge < -0.3 is 21.3 Å². The number of benzene rings is 1. The lowest BCUT2D eigenvalue weighted by molar-refractivity contribution is 0.100. The van der Waals surface area contributed by atoms with Crippen molar-refractivity contribution >= 4 is 28.9 Å². The molecule has 0 spiro atoms. The third-order valence-electron chi connectivity index (χ3n) is 2.60. The Labute approximate surface area is 120 Å². The Morgan fingerprint density at radius 2 is 2.25 bits per heavy atom. The van der Waals surface area contributed by atoms with Crippen molar-refractivity contribution in [3.63, 3.8) is 0 Å². The average molecular weight is 296 g/mol. The van der Waals surface area contributed by atoms with Crippen molar-refractivity contribution in [2.75, 3.05) is 17.6 Å². The summed E-state index contributed by atoms with van der Waals surface area (Å²) in [5.41, 5.74) is 12.0. The summed E-state index contributed by atoms with van der Waals surface area (Å²) >= 11 is 6.06. The average Bonchev–Trinajstić information content (AvgIpc) is 2.77. The number of hydrogen-bond donors (Lipinski definition) is 3. The van der Waals surface area contributed by atoms with Crippen molar-refractivity contribution in [2.24, 2.45) is 5.73 Å². The fourth-order valence-electron chi connectivity index (χ4n) is 1.74. The van der Waals surface area contributed by atoms with Crippen LogP contribution in [-0.2, 0) is 6.42 Å². The smallest absolute Gasteiger partial charge is 0.250 e. The topological polar surface area (TPSA) is 120 Å². The molecule has 0 radical (unpaired) electrons. The third kappa shape index (κ3) is 3.18. The zero-order chi connectivity index (χ0) is 14.7. The number of nitrogens with two attached hydrogens (primary N) is 2. The van der Waals surface area contributed by atoms with Gasteiger partial charge in [-0.1, -0.05) is 16.8 Å². The van der Waals surface area contributed by atoms with Gasteiger partial charge in [-0.15, -0.1) is 0 Å². The first kappa shape index (κ1) is 14.1. The van der Waals surface area contributed by atoms with Gasteiger partial charge in [-0.25, -0.2) is 0 Å². The zero-order valence-electron chi connectivity index (χ0n) is 10.8. The molecule has 0 bridgehead atoms. The number of anilines is 2. The van der Waals surface area contributed by atoms with E-state index in [-0.39, 0.29) is 5.56 Å². The van der Waals surface area contributed by atoms with Crippen LogP contribution in [0.3, 0.4) is 0 Å². The van der Waals surface area contributed by atoms with Gasteiger partial charge in [0.05, 0.1) is 16.3 Å². The van der Waals surface area contributed by atoms with Gasteiger partial charge in [-0.05, 0) is 12.1 Å². The molecule has 5 N–H and O–H groups in total. The molecule has 0 atom stereocenters. The minimum Gasteiger partial charge on any atom is -0.399 e. The van der Waals surface area contributed by atoms with E-state index >= 15 is 0 Å². The van der Waals surface area contributed by atoms with Crippen LogP contribution in [0.5, 0.6) is 0 Å². The van der Waals surface area contributed by atoms with Crippen molar-refractivity contribution in [3.05, 3.63) is 34.4 Å². The first-order chi connectivity index (χ1) is 9.47. The van der Waals surface area contributed by atoms with E-state index in [1.165, 1.54) is 6.07 Å². The highest BCUT2D eigenvalue weighted by Gasteiger charge is 2.13. The second-order valence-electron chi connectivity index (χ2n) is 4.20. The lowest BCUT2D eigenvalue weighted by Crippen LogP contribution is -2.16. The maximum Gasteiger partial charge on any atom is 0.250 e. The number of aromatic nitrogens is 2. The molecule has 0 aliphatic rings. The summed E-state index contributed by atoms with van der Waals surface area (Å²) in [6.45, 7) is 2.19. The summed E-state index contributed by atoms with van der Waals surface area (Å²) in [4.78, 5) is 15.5. The summed E-state index contributed by atoms with van der Waals surface area (Å²) in [6.07, 6.45) is 0.524. The van der Waals surface area contributed by atoms with Gasteiger partial charge in [0.2, 0.25) is 5.89 Å². The minimum atomic E-state index is -0.600. The Kier molecular flexibility index (Phi) is 4.09. The Morgan fingerprint density at radius 1 is 1.50 bits per heavy atom. The van der Waals surface area contributed by atoms with Gasteiger partial charge in [0.15, 0.2) is 5.82 Å². The number of aryl methyl sites for hydroxylation is 1. The van der Waals surface area contributed by atoms with E-state index in [4.69, 9.17) is 27.6 Å². The van der Waals surface area contributed by atoms with Gasteiger partial charge in [0.25, 0.3) is 5.91 Å². The fraction of sp³-hybridized carbons (Fsp3) is 0.250. The molecule has 1 aromatic carbocycles. The molecule has 0 fully saturated rings. The number of nitrogens with zero attached hydrogens (tertiary/aromatic N) is 2. The van der Waals surface area contributed by atoms with Crippen molar-refractivity contribution in [3.8, 4) is 0 Å². The molecule has 1 amide bonds. The number of amides is 1. The molecule has 2 aromatic rings. The summed E-state index contributed by atoms with van der Waals surface area (Å²) in [6, 6.07) is 3.03. The molecule has 0 aliphatic carbocycles. The highest BCUT2D eigenvalue weighted by Crippen LogP contribution is 2.28. The van der Waals surface area contributed by atoms with Gasteiger partial charge in [0, 0.05) is 25.6 Å². The van der Waals surface area contributed by atoms with E-state index in [0.717, 1.165) is 0 Å². The number of hydrogen-bond acceptors (Lipinski definition) is 6. The standard InChI is InChI=1S/C12H14ClN5O2/c1-6-17-10(18-20-6)2-3-16-11-8(12(15)19)4-7(14)5-9(11)13/h4-5,16H,2-3,14H2,1H3,(H2,15,19). The van der Waals surface area contributed by atoms with E-state index in [9.17, 15) is 4.79 Å². The number of nitrogens with one attached hydrogen (secondary N) is 1. The van der Waals surface area contributed by atoms with E-state index in [0.29, 0.717) is 41.1 Å². The number of primary amides is 1. The van der Waals surface area contributed by atoms with E-state index in [1.54, 1.807) is 13.0 Å². The molecular weight excluding hydrogens is 282 g/mol. The molecule has 106 valence electrons. The van der Waals surface area contributed by atoms with Crippen LogP contribution in [0.15, 0.2) is 16.7 Å². The molecule has 1 aromatic heterocycles. The Hall–Kier alpha value is -2.28. The van der Waals surface area contributed by atoms with Crippen LogP contribution in [0, 0.1) is 6.92 Å². The SMILES string of the molecule is Cc1nc(CCNc2c(Cl)cc(N)cc2C(N)=O)no1. The predicted octanol–water partition coefficient (Wildman–Crippen LogP) is 1.37. The summed E-state index contributed by atoms with van der Waals surface area (Å²) in [7, 11) is 0. The number of carbonyl (C=O) groups excluding carboxylic acids is 1. The number of rotatable bonds is 5. The van der Waals surface area contributed by atoms with Crippen LogP contribution < -0.4 is 16.8 Å². The fourth-order valence-corrected chi connectivity index (χ4v) is 2.04. The van der Waals surface area contributed by atoms with Crippen molar-refractivity contribution < 1.29 is 9.32 Å². The molecule has 0 saturated carbocycles. The maximum absolute atomic E-state index is 11.4. The van der Waals surface area contributed by atoms with E-state index in [2.05, 4.69) is 15.5 Å². The minimum absolute atomic E-state index is 0.249. The lowest BCUT2D eigenvalue weighted by Gasteiger charge is -2.12. The number of nitrogen functional groups attached to an aromatic ring is 1. The number of halogens is 1. The van der Waals surface area contributed by atoms with Gasteiger partial charge in [-0.2, -0.15) is 4.98 Å². The van der Waals surface area contributed by atoms with Crippen LogP contribution in [0.25, 0.3) is 0 Å². The predicted molar refractivity (Wildman–Crippen MR) is 75.6 cm³/mol. The summed E-state index contributed by atoms with van der Waals surface area (Å²) in [5.74, 6) is 0.475. The summed E-state index contributed by atoms with van der Waals surface area (Å²) < 4.78 is 4.86. The van der Waals surface area contributed by atoms with Gasteiger partial charge in [-0.3, -0.25) is 4.79 Å². The monoisotopic (exact) mass is 295 g/mol. The highest BCUT2D eigenvalue weighted by molar-refractivity contribution is 6.34. The number of carbonyl (C=O) groups is 1. The molecule has 0 aliphatic heterocycles. The van der Waals surface area contributed by atoms with Gasteiger partial charge >= 0.3 is 0 Å². The van der Waals surface area contributed by atoms with Crippen molar-refractivity contribution in [1.29, 1.82) is 0 Å². The molecule has 8 heteroatoms. The first-order valence-electron chi connectivity index (χ1n) is 5.89. The Balaban J connectivity index is 2.10. The zero-order valence-corrected chi connectivity index (χ0v) is 11.6. The van der Waals surface area contributed by atoms with Crippen LogP contribution in [-0.4, -0.2) is 22.6 Å². The van der Waals surface area contributed by atoms with Crippen LogP contribution in [0.1, 0.15) is 22.1 Å². The normalized spacial score (nSPS) is 10.5. The second-order valence-corrected chi connectivity index (χ2v) is 4.60. The molecule has 7 nitrogen and oxygen atoms in total. The Morgan fingerprint density at radius 3 is 2.85 bits per heavy atom. The maximum atomic E-state index is 11.4. The van der Waals surface area contributed by atoms with Crippen LogP contribution in [0.4, 0.5) is 11.4 Å². The van der Waals surface area contributed by atoms with Crippen molar-refractivity contribution in [2.45, 2.75) is 13.3 Å². The molecule has 20 heavy (non-hydrogen) atoms. The van der Waals surface area contributed by atoms with Crippen molar-refractivity contribution in [1.82, 2.24) is 10.1 Å². The molecule has 1 heterocycles. The molecule has 2 rings (SSSR count). The first-order valence-corrected chi connectivity index (χ1v) is 6.27. The lowest BCUT2D eigenvalue weighted by atomic mass is 10.1. The van der Waals surface area contributed by atoms with E-state index < -0.39 is 5.91 Å². The Bertz CT molecular complexity index is 641. The van der Waals surface area contributed by atoms with Gasteiger partial charge in [0.1, 0.15) is 0 Å². The molecule has 0 saturated heterocycles. The third-order valence-corrected chi connectivity index (χ3v) is 2.90. The van der Waals surface area contributed by atoms with E-state index in [1.807, 2.05) is 0 Å². The summed E-state index contributed by atoms with van der Waals surface area (Å²) in [5, 5.41) is 7.14. The highest BCUT2D eigenvalue weighted by atomic mass is 35.5. The molecule has 0 unspecified atom stereocenters. The van der Waals surface area contributed by atoms with Crippen LogP contribution in [0.2, 0.25) is 5.02 Å². The molecular formula is C12H14ClN5O2. The van der Waals surface area contributed by atoms with Crippen LogP contribution >= 0.6 is 11.6 Å².